The van der Waals surface area contributed by atoms with Gasteiger partial charge in [0.05, 0.1) is 0 Å². The number of nitrogen functional groups attached to an aromatic ring is 2. The van der Waals surface area contributed by atoms with Gasteiger partial charge in [-0.1, -0.05) is 23.2 Å². The van der Waals surface area contributed by atoms with E-state index >= 15 is 0 Å². The van der Waals surface area contributed by atoms with Gasteiger partial charge >= 0.3 is 5.69 Å². The summed E-state index contributed by atoms with van der Waals surface area (Å²) in [5.74, 6) is 0.218. The summed E-state index contributed by atoms with van der Waals surface area (Å²) in [6.45, 7) is 0. The Balaban J connectivity index is 0.000000151. The van der Waals surface area contributed by atoms with E-state index < -0.39 is 0 Å². The molecule has 0 amide bonds. The molecule has 11 heteroatoms. The highest BCUT2D eigenvalue weighted by molar-refractivity contribution is 6.33. The molecular weight excluding hydrogens is 307 g/mol. The van der Waals surface area contributed by atoms with Crippen molar-refractivity contribution in [1.29, 1.82) is 0 Å². The fourth-order valence-corrected chi connectivity index (χ4v) is 1.53. The number of nitrogens with one attached hydrogen (secondary N) is 2. The van der Waals surface area contributed by atoms with Crippen LogP contribution in [0.1, 0.15) is 0 Å². The van der Waals surface area contributed by atoms with Gasteiger partial charge in [0.25, 0.3) is 0 Å². The van der Waals surface area contributed by atoms with Crippen LogP contribution in [-0.4, -0.2) is 29.9 Å². The van der Waals surface area contributed by atoms with Crippen LogP contribution in [0.5, 0.6) is 0 Å². The standard InChI is InChI=1S/C5H3ClN4O.C4H5ClN4/c6-3-2-4(8-1-7-3)10-5(11)9-2;5-3-2(6)4(7)9-1-8-3/h1H,(H2,7,8,9,10,11);1H,6H2,(H2,7,8,9). The van der Waals surface area contributed by atoms with Crippen LogP contribution in [0.15, 0.2) is 17.4 Å². The summed E-state index contributed by atoms with van der Waals surface area (Å²) >= 11 is 11.1. The van der Waals surface area contributed by atoms with Crippen molar-refractivity contribution in [2.24, 2.45) is 0 Å². The predicted molar refractivity (Wildman–Crippen MR) is 75.4 cm³/mol. The number of nitrogens with two attached hydrogens (primary N) is 2. The molecule has 0 aliphatic rings. The molecule has 0 spiro atoms. The maximum absolute atomic E-state index is 10.7. The second-order valence-electron chi connectivity index (χ2n) is 3.43. The van der Waals surface area contributed by atoms with Crippen molar-refractivity contribution < 1.29 is 0 Å². The van der Waals surface area contributed by atoms with Gasteiger partial charge in [-0.05, 0) is 0 Å². The van der Waals surface area contributed by atoms with Crippen molar-refractivity contribution >= 4 is 45.9 Å². The molecule has 0 saturated carbocycles. The number of imidazole rings is 1. The van der Waals surface area contributed by atoms with E-state index in [1.807, 2.05) is 0 Å². The molecule has 0 fully saturated rings. The number of aromatic nitrogens is 6. The number of anilines is 2. The van der Waals surface area contributed by atoms with E-state index in [9.17, 15) is 4.79 Å². The lowest BCUT2D eigenvalue weighted by Crippen LogP contribution is -1.99. The van der Waals surface area contributed by atoms with Crippen molar-refractivity contribution in [1.82, 2.24) is 29.9 Å². The number of H-pyrrole nitrogens is 2. The van der Waals surface area contributed by atoms with Crippen LogP contribution in [0, 0.1) is 0 Å². The monoisotopic (exact) mass is 314 g/mol. The zero-order valence-corrected chi connectivity index (χ0v) is 11.3. The summed E-state index contributed by atoms with van der Waals surface area (Å²) in [4.78, 5) is 30.3. The SMILES string of the molecule is Nc1ncnc(Cl)c1N.O=c1[nH]c2ncnc(Cl)c2[nH]1. The molecule has 3 heterocycles. The zero-order valence-electron chi connectivity index (χ0n) is 9.76. The molecule has 6 N–H and O–H groups in total. The first-order valence-corrected chi connectivity index (χ1v) is 5.84. The van der Waals surface area contributed by atoms with Gasteiger partial charge in [-0.2, -0.15) is 0 Å². The van der Waals surface area contributed by atoms with Crippen LogP contribution in [-0.2, 0) is 0 Å². The average molecular weight is 315 g/mol. The normalized spacial score (nSPS) is 10.1. The lowest BCUT2D eigenvalue weighted by atomic mass is 10.5. The number of halogens is 2. The van der Waals surface area contributed by atoms with E-state index in [-0.39, 0.29) is 27.5 Å². The van der Waals surface area contributed by atoms with Crippen LogP contribution >= 0.6 is 23.2 Å². The van der Waals surface area contributed by atoms with Crippen LogP contribution in [0.25, 0.3) is 11.2 Å². The predicted octanol–water partition coefficient (Wildman–Crippen LogP) is 0.594. The van der Waals surface area contributed by atoms with E-state index in [0.717, 1.165) is 0 Å². The Bertz CT molecular complexity index is 778. The summed E-state index contributed by atoms with van der Waals surface area (Å²) < 4.78 is 0. The van der Waals surface area contributed by atoms with Gasteiger partial charge in [-0.15, -0.1) is 0 Å². The third kappa shape index (κ3) is 2.95. The molecule has 0 unspecified atom stereocenters. The number of aromatic amines is 2. The molecular formula is C9H8Cl2N8O. The van der Waals surface area contributed by atoms with Crippen molar-refractivity contribution in [3.8, 4) is 0 Å². The largest absolute Gasteiger partial charge is 0.393 e. The molecule has 9 nitrogen and oxygen atoms in total. The Kier molecular flexibility index (Phi) is 4.01. The average Bonchev–Trinajstić information content (AvgIpc) is 2.79. The highest BCUT2D eigenvalue weighted by Gasteiger charge is 2.02. The third-order valence-corrected chi connectivity index (χ3v) is 2.73. The number of hydrogen-bond acceptors (Lipinski definition) is 7. The van der Waals surface area contributed by atoms with Crippen LogP contribution < -0.4 is 17.2 Å². The first-order chi connectivity index (χ1) is 9.49. The van der Waals surface area contributed by atoms with Crippen molar-refractivity contribution in [2.75, 3.05) is 11.5 Å². The molecule has 0 aliphatic carbocycles. The van der Waals surface area contributed by atoms with Gasteiger partial charge in [0, 0.05) is 0 Å². The van der Waals surface area contributed by atoms with Crippen LogP contribution in [0.3, 0.4) is 0 Å². The van der Waals surface area contributed by atoms with Gasteiger partial charge < -0.3 is 16.5 Å². The van der Waals surface area contributed by atoms with E-state index in [4.69, 9.17) is 34.7 Å². The lowest BCUT2D eigenvalue weighted by Gasteiger charge is -1.96. The Labute approximate surface area is 121 Å². The number of fused-ring (bicyclic) bond motifs is 1. The first-order valence-electron chi connectivity index (χ1n) is 5.09. The van der Waals surface area contributed by atoms with Crippen LogP contribution in [0.2, 0.25) is 10.3 Å². The molecule has 3 rings (SSSR count). The van der Waals surface area contributed by atoms with E-state index in [0.29, 0.717) is 11.2 Å². The minimum absolute atomic E-state index is 0.197. The van der Waals surface area contributed by atoms with Gasteiger partial charge in [0.15, 0.2) is 21.8 Å². The minimum Gasteiger partial charge on any atom is -0.393 e. The lowest BCUT2D eigenvalue weighted by molar-refractivity contribution is 1.18. The summed E-state index contributed by atoms with van der Waals surface area (Å²) in [7, 11) is 0. The minimum atomic E-state index is -0.331. The smallest absolute Gasteiger partial charge is 0.325 e. The number of hydrogen-bond donors (Lipinski definition) is 4. The first kappa shape index (κ1) is 14.0. The molecule has 0 radical (unpaired) electrons. The van der Waals surface area contributed by atoms with Crippen molar-refractivity contribution in [3.05, 3.63) is 33.4 Å². The summed E-state index contributed by atoms with van der Waals surface area (Å²) in [6, 6.07) is 0. The third-order valence-electron chi connectivity index (χ3n) is 2.14. The van der Waals surface area contributed by atoms with Gasteiger partial charge in [0.1, 0.15) is 23.9 Å². The second kappa shape index (κ2) is 5.72. The van der Waals surface area contributed by atoms with E-state index in [2.05, 4.69) is 29.9 Å². The highest BCUT2D eigenvalue weighted by Crippen LogP contribution is 2.18. The zero-order chi connectivity index (χ0) is 14.7. The molecule has 104 valence electrons. The Morgan fingerprint density at radius 3 is 2.20 bits per heavy atom. The maximum atomic E-state index is 10.7. The molecule has 0 bridgehead atoms. The summed E-state index contributed by atoms with van der Waals surface area (Å²) in [6.07, 6.45) is 2.54. The molecule has 0 aliphatic heterocycles. The van der Waals surface area contributed by atoms with Crippen molar-refractivity contribution in [3.63, 3.8) is 0 Å². The Morgan fingerprint density at radius 2 is 1.60 bits per heavy atom. The molecule has 0 saturated heterocycles. The number of nitrogens with zero attached hydrogens (tertiary/aromatic N) is 4. The molecule has 0 atom stereocenters. The second-order valence-corrected chi connectivity index (χ2v) is 4.15. The Hall–Kier alpha value is -2.39. The quantitative estimate of drug-likeness (QED) is 0.443. The molecule has 3 aromatic rings. The highest BCUT2D eigenvalue weighted by atomic mass is 35.5. The number of rotatable bonds is 0. The Morgan fingerprint density at radius 1 is 0.950 bits per heavy atom. The van der Waals surface area contributed by atoms with Gasteiger partial charge in [-0.3, -0.25) is 4.98 Å². The fourth-order valence-electron chi connectivity index (χ4n) is 1.21. The van der Waals surface area contributed by atoms with Crippen molar-refractivity contribution in [2.45, 2.75) is 0 Å². The fraction of sp³-hybridized carbons (Fsp3) is 0. The van der Waals surface area contributed by atoms with E-state index in [1.54, 1.807) is 0 Å². The molecule has 20 heavy (non-hydrogen) atoms. The van der Waals surface area contributed by atoms with Crippen LogP contribution in [0.4, 0.5) is 11.5 Å². The van der Waals surface area contributed by atoms with Gasteiger partial charge in [-0.25, -0.2) is 24.7 Å². The van der Waals surface area contributed by atoms with E-state index in [1.165, 1.54) is 12.7 Å². The summed E-state index contributed by atoms with van der Waals surface area (Å²) in [5.41, 5.74) is 11.3. The summed E-state index contributed by atoms with van der Waals surface area (Å²) in [5, 5.41) is 0.441. The molecule has 0 aromatic carbocycles. The molecule has 3 aromatic heterocycles. The maximum Gasteiger partial charge on any atom is 0.325 e. The topological polar surface area (TPSA) is 152 Å². The van der Waals surface area contributed by atoms with Gasteiger partial charge in [0.2, 0.25) is 0 Å².